The van der Waals surface area contributed by atoms with E-state index in [1.165, 1.54) is 0 Å². The summed E-state index contributed by atoms with van der Waals surface area (Å²) in [7, 11) is 0. The molecule has 86 valence electrons. The zero-order valence-electron chi connectivity index (χ0n) is 7.77. The van der Waals surface area contributed by atoms with Crippen LogP contribution in [0.4, 0.5) is 0 Å². The molecule has 0 radical (unpaired) electrons. The molecule has 0 rings (SSSR count). The van der Waals surface area contributed by atoms with Crippen molar-refractivity contribution < 1.29 is 34.7 Å². The van der Waals surface area contributed by atoms with Crippen molar-refractivity contribution in [2.45, 2.75) is 6.92 Å². The van der Waals surface area contributed by atoms with E-state index in [2.05, 4.69) is 29.9 Å². The van der Waals surface area contributed by atoms with Crippen LogP contribution < -0.4 is 0 Å². The number of hydrogen-bond acceptors (Lipinski definition) is 7. The average molecular weight is 233 g/mol. The molecule has 0 saturated heterocycles. The Labute approximate surface area is 86.3 Å². The van der Waals surface area contributed by atoms with Crippen molar-refractivity contribution in [1.29, 1.82) is 0 Å². The van der Waals surface area contributed by atoms with E-state index in [0.717, 1.165) is 0 Å². The predicted octanol–water partition coefficient (Wildman–Crippen LogP) is 0.936. The largest absolute Gasteiger partial charge is 0.378 e. The summed E-state index contributed by atoms with van der Waals surface area (Å²) in [6.45, 7) is 2.98. The van der Waals surface area contributed by atoms with E-state index in [1.54, 1.807) is 6.92 Å². The molecule has 0 N–H and O–H groups in total. The van der Waals surface area contributed by atoms with E-state index in [9.17, 15) is 0 Å². The summed E-state index contributed by atoms with van der Waals surface area (Å²) >= 11 is 5.34. The van der Waals surface area contributed by atoms with Gasteiger partial charge in [0.1, 0.15) is 6.61 Å². The summed E-state index contributed by atoms with van der Waals surface area (Å²) in [4.78, 5) is 8.68. The molecule has 0 amide bonds. The van der Waals surface area contributed by atoms with Gasteiger partial charge in [0, 0.05) is 5.88 Å². The maximum absolute atomic E-state index is 5.34. The van der Waals surface area contributed by atoms with Crippen LogP contribution in [0.3, 0.4) is 0 Å². The minimum atomic E-state index is 0.175. The molecule has 0 aliphatic heterocycles. The van der Waals surface area contributed by atoms with E-state index in [-0.39, 0.29) is 6.61 Å². The fraction of sp³-hybridized carbons (Fsp3) is 1.00. The standard InChI is InChI=1S/C6H13ClO7/c1-2-9-11-13-14-12-10-6-5-8-4-3-7/h2-6H2,1H3. The van der Waals surface area contributed by atoms with Crippen molar-refractivity contribution in [2.75, 3.05) is 32.3 Å². The molecule has 0 bridgehead atoms. The summed E-state index contributed by atoms with van der Waals surface area (Å²) in [5.41, 5.74) is 0. The number of ether oxygens (including phenoxy) is 1. The van der Waals surface area contributed by atoms with Gasteiger partial charge in [0.25, 0.3) is 0 Å². The van der Waals surface area contributed by atoms with Gasteiger partial charge in [0.2, 0.25) is 0 Å². The highest BCUT2D eigenvalue weighted by molar-refractivity contribution is 6.17. The van der Waals surface area contributed by atoms with Gasteiger partial charge in [-0.2, -0.15) is 0 Å². The smallest absolute Gasteiger partial charge is 0.109 e. The maximum atomic E-state index is 5.34. The lowest BCUT2D eigenvalue weighted by Crippen LogP contribution is -2.07. The zero-order valence-corrected chi connectivity index (χ0v) is 8.53. The van der Waals surface area contributed by atoms with Gasteiger partial charge in [-0.3, -0.25) is 0 Å². The van der Waals surface area contributed by atoms with Crippen LogP contribution in [0.15, 0.2) is 0 Å². The SMILES string of the molecule is CCOOOOOOCCOCCCl. The Bertz CT molecular complexity index is 92.2. The third kappa shape index (κ3) is 12.0. The molecule has 0 unspecified atom stereocenters. The molecule has 0 spiro atoms. The number of alkyl halides is 1. The molecule has 0 heterocycles. The van der Waals surface area contributed by atoms with Gasteiger partial charge < -0.3 is 4.74 Å². The van der Waals surface area contributed by atoms with Gasteiger partial charge in [-0.05, 0) is 27.1 Å². The topological polar surface area (TPSA) is 64.6 Å². The summed E-state index contributed by atoms with van der Waals surface area (Å²) in [6, 6.07) is 0. The van der Waals surface area contributed by atoms with Crippen LogP contribution in [0, 0.1) is 0 Å². The quantitative estimate of drug-likeness (QED) is 0.227. The summed E-state index contributed by atoms with van der Waals surface area (Å²) in [6.07, 6.45) is 0. The summed E-state index contributed by atoms with van der Waals surface area (Å²) in [5.74, 6) is 0.433. The fourth-order valence-corrected chi connectivity index (χ4v) is 0.503. The summed E-state index contributed by atoms with van der Waals surface area (Å²) in [5, 5.41) is 15.7. The van der Waals surface area contributed by atoms with Gasteiger partial charge in [-0.25, -0.2) is 9.78 Å². The zero-order chi connectivity index (χ0) is 10.5. The van der Waals surface area contributed by atoms with Crippen LogP contribution >= 0.6 is 11.6 Å². The molecule has 0 aliphatic carbocycles. The molecule has 7 nitrogen and oxygen atoms in total. The minimum Gasteiger partial charge on any atom is -0.378 e. The maximum Gasteiger partial charge on any atom is 0.109 e. The molecule has 14 heavy (non-hydrogen) atoms. The molecule has 0 aliphatic rings. The van der Waals surface area contributed by atoms with E-state index in [1.807, 2.05) is 0 Å². The van der Waals surface area contributed by atoms with Crippen LogP contribution in [0.5, 0.6) is 0 Å². The van der Waals surface area contributed by atoms with Crippen LogP contribution in [-0.2, 0) is 34.7 Å². The monoisotopic (exact) mass is 232 g/mol. The predicted molar refractivity (Wildman–Crippen MR) is 43.5 cm³/mol. The van der Waals surface area contributed by atoms with Crippen molar-refractivity contribution in [3.63, 3.8) is 0 Å². The number of hydrogen-bond donors (Lipinski definition) is 0. The first-order chi connectivity index (χ1) is 6.91. The molecule has 0 fully saturated rings. The summed E-state index contributed by atoms with van der Waals surface area (Å²) < 4.78 is 4.94. The van der Waals surface area contributed by atoms with Crippen LogP contribution in [0.25, 0.3) is 0 Å². The molecule has 0 aromatic rings. The van der Waals surface area contributed by atoms with Gasteiger partial charge >= 0.3 is 0 Å². The Hall–Kier alpha value is 0.01000. The highest BCUT2D eigenvalue weighted by atomic mass is 35.5. The van der Waals surface area contributed by atoms with Crippen molar-refractivity contribution in [1.82, 2.24) is 0 Å². The Balaban J connectivity index is 2.78. The molecule has 0 atom stereocenters. The van der Waals surface area contributed by atoms with E-state index in [0.29, 0.717) is 25.7 Å². The lowest BCUT2D eigenvalue weighted by atomic mass is 10.7. The third-order valence-electron chi connectivity index (χ3n) is 0.830. The van der Waals surface area contributed by atoms with Gasteiger partial charge in [-0.1, -0.05) is 0 Å². The Morgan fingerprint density at radius 1 is 0.857 bits per heavy atom. The first-order valence-electron chi connectivity index (χ1n) is 3.96. The van der Waals surface area contributed by atoms with Crippen molar-refractivity contribution >= 4 is 11.6 Å². The van der Waals surface area contributed by atoms with Gasteiger partial charge in [-0.15, -0.1) is 11.6 Å². The second kappa shape index (κ2) is 13.0. The molecule has 0 saturated carbocycles. The molecular formula is C6H13ClO7. The highest BCUT2D eigenvalue weighted by Crippen LogP contribution is 1.87. The van der Waals surface area contributed by atoms with Gasteiger partial charge in [0.15, 0.2) is 0 Å². The average Bonchev–Trinajstić information content (AvgIpc) is 2.21. The Morgan fingerprint density at radius 3 is 2.21 bits per heavy atom. The lowest BCUT2D eigenvalue weighted by Gasteiger charge is -2.01. The second-order valence-electron chi connectivity index (χ2n) is 1.80. The molecular weight excluding hydrogens is 220 g/mol. The number of rotatable bonds is 11. The van der Waals surface area contributed by atoms with Crippen molar-refractivity contribution in [2.24, 2.45) is 0 Å². The molecule has 0 aromatic carbocycles. The first kappa shape index (κ1) is 14.0. The van der Waals surface area contributed by atoms with Crippen LogP contribution in [0.2, 0.25) is 0 Å². The van der Waals surface area contributed by atoms with E-state index >= 15 is 0 Å². The minimum absolute atomic E-state index is 0.175. The van der Waals surface area contributed by atoms with Crippen molar-refractivity contribution in [3.8, 4) is 0 Å². The van der Waals surface area contributed by atoms with Crippen LogP contribution in [-0.4, -0.2) is 32.3 Å². The Morgan fingerprint density at radius 2 is 1.57 bits per heavy atom. The number of halogens is 1. The van der Waals surface area contributed by atoms with Gasteiger partial charge in [0.05, 0.1) is 19.8 Å². The lowest BCUT2D eigenvalue weighted by molar-refractivity contribution is -0.756. The first-order valence-corrected chi connectivity index (χ1v) is 4.50. The molecule has 8 heteroatoms. The van der Waals surface area contributed by atoms with Crippen LogP contribution in [0.1, 0.15) is 6.92 Å². The van der Waals surface area contributed by atoms with E-state index in [4.69, 9.17) is 16.3 Å². The fourth-order valence-electron chi connectivity index (χ4n) is 0.394. The van der Waals surface area contributed by atoms with E-state index < -0.39 is 0 Å². The third-order valence-corrected chi connectivity index (χ3v) is 0.984. The van der Waals surface area contributed by atoms with Crippen molar-refractivity contribution in [3.05, 3.63) is 0 Å². The Kier molecular flexibility index (Phi) is 13.0. The molecule has 0 aromatic heterocycles. The normalized spacial score (nSPS) is 10.7. The second-order valence-corrected chi connectivity index (χ2v) is 2.18. The highest BCUT2D eigenvalue weighted by Gasteiger charge is 1.93.